The smallest absolute Gasteiger partial charge is 0.341 e. The van der Waals surface area contributed by atoms with Crippen molar-refractivity contribution >= 4 is 5.97 Å². The summed E-state index contributed by atoms with van der Waals surface area (Å²) in [6, 6.07) is 8.12. The summed E-state index contributed by atoms with van der Waals surface area (Å²) in [5, 5.41) is 8.63. The van der Waals surface area contributed by atoms with Gasteiger partial charge >= 0.3 is 5.97 Å². The van der Waals surface area contributed by atoms with Gasteiger partial charge in [0, 0.05) is 19.1 Å². The second-order valence-electron chi connectivity index (χ2n) is 5.75. The van der Waals surface area contributed by atoms with E-state index in [9.17, 15) is 4.79 Å². The van der Waals surface area contributed by atoms with Crippen LogP contribution in [0.5, 0.6) is 5.75 Å². The Balaban J connectivity index is 2.70. The topological polar surface area (TPSA) is 49.8 Å². The summed E-state index contributed by atoms with van der Waals surface area (Å²) in [6.45, 7) is 10.4. The molecule has 0 aromatic heterocycles. The highest BCUT2D eigenvalue weighted by Gasteiger charge is 2.12. The van der Waals surface area contributed by atoms with Crippen LogP contribution in [0.2, 0.25) is 0 Å². The monoisotopic (exact) mass is 279 g/mol. The summed E-state index contributed by atoms with van der Waals surface area (Å²) in [7, 11) is 0. The molecular formula is C16H25NO3. The molecule has 0 heterocycles. The van der Waals surface area contributed by atoms with Gasteiger partial charge in [-0.3, -0.25) is 4.90 Å². The van der Waals surface area contributed by atoms with Crippen LogP contribution in [-0.2, 0) is 11.3 Å². The summed E-state index contributed by atoms with van der Waals surface area (Å²) in [5.74, 6) is 0.265. The molecule has 1 aromatic rings. The zero-order valence-corrected chi connectivity index (χ0v) is 12.8. The van der Waals surface area contributed by atoms with E-state index in [4.69, 9.17) is 9.84 Å². The minimum Gasteiger partial charge on any atom is -0.482 e. The standard InChI is InChI=1S/C16H25NO3/c1-12(2)9-17(13(3)4)10-14-6-5-7-15(8-14)20-11-16(18)19/h5-8,12-13H,9-11H2,1-4H3,(H,18,19). The fourth-order valence-electron chi connectivity index (χ4n) is 2.04. The zero-order chi connectivity index (χ0) is 15.1. The normalized spacial score (nSPS) is 11.3. The van der Waals surface area contributed by atoms with Gasteiger partial charge in [0.2, 0.25) is 0 Å². The van der Waals surface area contributed by atoms with Crippen LogP contribution in [0.3, 0.4) is 0 Å². The van der Waals surface area contributed by atoms with Gasteiger partial charge in [-0.05, 0) is 37.5 Å². The predicted molar refractivity (Wildman–Crippen MR) is 80.0 cm³/mol. The third-order valence-electron chi connectivity index (χ3n) is 2.98. The van der Waals surface area contributed by atoms with E-state index >= 15 is 0 Å². The lowest BCUT2D eigenvalue weighted by Gasteiger charge is -2.28. The van der Waals surface area contributed by atoms with E-state index in [2.05, 4.69) is 32.6 Å². The number of carbonyl (C=O) groups is 1. The van der Waals surface area contributed by atoms with Crippen LogP contribution in [0, 0.1) is 5.92 Å². The number of carboxylic acids is 1. The van der Waals surface area contributed by atoms with Crippen molar-refractivity contribution in [1.29, 1.82) is 0 Å². The van der Waals surface area contributed by atoms with E-state index in [-0.39, 0.29) is 6.61 Å². The van der Waals surface area contributed by atoms with Crippen LogP contribution in [0.15, 0.2) is 24.3 Å². The zero-order valence-electron chi connectivity index (χ0n) is 12.8. The van der Waals surface area contributed by atoms with Gasteiger partial charge in [0.25, 0.3) is 0 Å². The van der Waals surface area contributed by atoms with Crippen LogP contribution in [0.25, 0.3) is 0 Å². The van der Waals surface area contributed by atoms with Gasteiger partial charge in [0.15, 0.2) is 6.61 Å². The van der Waals surface area contributed by atoms with E-state index in [1.807, 2.05) is 18.2 Å². The molecule has 112 valence electrons. The molecule has 0 fully saturated rings. The molecule has 4 heteroatoms. The van der Waals surface area contributed by atoms with Crippen molar-refractivity contribution in [3.8, 4) is 5.75 Å². The largest absolute Gasteiger partial charge is 0.482 e. The second kappa shape index (κ2) is 7.90. The van der Waals surface area contributed by atoms with Gasteiger partial charge in [0.05, 0.1) is 0 Å². The third-order valence-corrected chi connectivity index (χ3v) is 2.98. The van der Waals surface area contributed by atoms with Crippen molar-refractivity contribution in [3.05, 3.63) is 29.8 Å². The molecular weight excluding hydrogens is 254 g/mol. The first-order valence-corrected chi connectivity index (χ1v) is 7.06. The lowest BCUT2D eigenvalue weighted by molar-refractivity contribution is -0.139. The fourth-order valence-corrected chi connectivity index (χ4v) is 2.04. The molecule has 20 heavy (non-hydrogen) atoms. The Kier molecular flexibility index (Phi) is 6.52. The first-order chi connectivity index (χ1) is 9.38. The molecule has 0 spiro atoms. The van der Waals surface area contributed by atoms with Crippen molar-refractivity contribution in [2.45, 2.75) is 40.3 Å². The minimum absolute atomic E-state index is 0.302. The Labute approximate surface area is 121 Å². The second-order valence-corrected chi connectivity index (χ2v) is 5.75. The molecule has 1 aromatic carbocycles. The SMILES string of the molecule is CC(C)CN(Cc1cccc(OCC(=O)O)c1)C(C)C. The number of aliphatic carboxylic acids is 1. The number of hydrogen-bond donors (Lipinski definition) is 1. The number of carboxylic acid groups (broad SMARTS) is 1. The molecule has 0 aliphatic carbocycles. The Morgan fingerprint density at radius 1 is 1.30 bits per heavy atom. The molecule has 0 aliphatic rings. The molecule has 0 bridgehead atoms. The van der Waals surface area contributed by atoms with Crippen molar-refractivity contribution in [1.82, 2.24) is 4.90 Å². The summed E-state index contributed by atoms with van der Waals surface area (Å²) in [4.78, 5) is 12.9. The van der Waals surface area contributed by atoms with Gasteiger partial charge in [-0.2, -0.15) is 0 Å². The summed E-state index contributed by atoms with van der Waals surface area (Å²) < 4.78 is 5.21. The van der Waals surface area contributed by atoms with Crippen LogP contribution >= 0.6 is 0 Å². The van der Waals surface area contributed by atoms with Crippen molar-refractivity contribution in [2.24, 2.45) is 5.92 Å². The predicted octanol–water partition coefficient (Wildman–Crippen LogP) is 3.02. The highest BCUT2D eigenvalue weighted by atomic mass is 16.5. The van der Waals surface area contributed by atoms with E-state index in [0.717, 1.165) is 18.7 Å². The lowest BCUT2D eigenvalue weighted by atomic mass is 10.1. The van der Waals surface area contributed by atoms with Crippen molar-refractivity contribution < 1.29 is 14.6 Å². The van der Waals surface area contributed by atoms with E-state index in [0.29, 0.717) is 17.7 Å². The molecule has 0 unspecified atom stereocenters. The first-order valence-electron chi connectivity index (χ1n) is 7.06. The molecule has 0 atom stereocenters. The van der Waals surface area contributed by atoms with Gasteiger partial charge in [-0.25, -0.2) is 4.79 Å². The van der Waals surface area contributed by atoms with E-state index in [1.54, 1.807) is 6.07 Å². The molecule has 1 N–H and O–H groups in total. The quantitative estimate of drug-likeness (QED) is 0.794. The Morgan fingerprint density at radius 2 is 2.00 bits per heavy atom. The maximum atomic E-state index is 10.5. The summed E-state index contributed by atoms with van der Waals surface area (Å²) >= 11 is 0. The summed E-state index contributed by atoms with van der Waals surface area (Å²) in [6.07, 6.45) is 0. The van der Waals surface area contributed by atoms with Crippen LogP contribution < -0.4 is 4.74 Å². The molecule has 0 saturated heterocycles. The third kappa shape index (κ3) is 6.06. The minimum atomic E-state index is -0.959. The van der Waals surface area contributed by atoms with Crippen LogP contribution in [0.1, 0.15) is 33.3 Å². The number of nitrogens with zero attached hydrogens (tertiary/aromatic N) is 1. The molecule has 1 rings (SSSR count). The molecule has 4 nitrogen and oxygen atoms in total. The van der Waals surface area contributed by atoms with Gasteiger partial charge in [-0.1, -0.05) is 26.0 Å². The first kappa shape index (κ1) is 16.5. The highest BCUT2D eigenvalue weighted by molar-refractivity contribution is 5.68. The van der Waals surface area contributed by atoms with Crippen LogP contribution in [-0.4, -0.2) is 35.2 Å². The molecule has 0 aliphatic heterocycles. The van der Waals surface area contributed by atoms with Crippen LogP contribution in [0.4, 0.5) is 0 Å². The average Bonchev–Trinajstić information content (AvgIpc) is 2.35. The van der Waals surface area contributed by atoms with E-state index in [1.165, 1.54) is 0 Å². The fraction of sp³-hybridized carbons (Fsp3) is 0.562. The Morgan fingerprint density at radius 3 is 2.55 bits per heavy atom. The maximum absolute atomic E-state index is 10.5. The van der Waals surface area contributed by atoms with Gasteiger partial charge in [-0.15, -0.1) is 0 Å². The average molecular weight is 279 g/mol. The molecule has 0 amide bonds. The summed E-state index contributed by atoms with van der Waals surface area (Å²) in [5.41, 5.74) is 1.14. The van der Waals surface area contributed by atoms with E-state index < -0.39 is 5.97 Å². The Bertz CT molecular complexity index is 429. The molecule has 0 saturated carbocycles. The van der Waals surface area contributed by atoms with Gasteiger partial charge in [0.1, 0.15) is 5.75 Å². The van der Waals surface area contributed by atoms with Gasteiger partial charge < -0.3 is 9.84 Å². The lowest BCUT2D eigenvalue weighted by Crippen LogP contribution is -2.33. The Hall–Kier alpha value is -1.55. The number of rotatable bonds is 8. The van der Waals surface area contributed by atoms with Crippen molar-refractivity contribution in [3.63, 3.8) is 0 Å². The highest BCUT2D eigenvalue weighted by Crippen LogP contribution is 2.17. The van der Waals surface area contributed by atoms with Crippen molar-refractivity contribution in [2.75, 3.05) is 13.2 Å². The number of ether oxygens (including phenoxy) is 1. The molecule has 0 radical (unpaired) electrons. The number of hydrogen-bond acceptors (Lipinski definition) is 3. The number of benzene rings is 1. The maximum Gasteiger partial charge on any atom is 0.341 e.